The van der Waals surface area contributed by atoms with Crippen molar-refractivity contribution in [3.63, 3.8) is 0 Å². The maximum atomic E-state index is 3.55. The van der Waals surface area contributed by atoms with E-state index in [1.165, 1.54) is 50.3 Å². The topological polar surface area (TPSA) is 15.3 Å². The molecule has 0 amide bonds. The minimum Gasteiger partial charge on any atom is -0.370 e. The van der Waals surface area contributed by atoms with Gasteiger partial charge < -0.3 is 10.2 Å². The van der Waals surface area contributed by atoms with Crippen LogP contribution in [0.1, 0.15) is 25.3 Å². The van der Waals surface area contributed by atoms with Gasteiger partial charge in [-0.3, -0.25) is 0 Å². The van der Waals surface area contributed by atoms with Crippen LogP contribution in [0.4, 0.5) is 5.69 Å². The van der Waals surface area contributed by atoms with Gasteiger partial charge >= 0.3 is 0 Å². The molecule has 2 heterocycles. The first-order valence-electron chi connectivity index (χ1n) is 6.87. The van der Waals surface area contributed by atoms with Gasteiger partial charge in [-0.2, -0.15) is 0 Å². The average molecular weight is 230 g/mol. The minimum absolute atomic E-state index is 0.582. The minimum atomic E-state index is 0.582. The Bertz CT molecular complexity index is 386. The first-order valence-corrected chi connectivity index (χ1v) is 6.87. The summed E-state index contributed by atoms with van der Waals surface area (Å²) in [5.74, 6) is 0. The van der Waals surface area contributed by atoms with Gasteiger partial charge in [0.15, 0.2) is 0 Å². The molecule has 1 aromatic rings. The van der Waals surface area contributed by atoms with Crippen molar-refractivity contribution >= 4 is 5.69 Å². The van der Waals surface area contributed by atoms with Crippen LogP contribution in [0.25, 0.3) is 0 Å². The highest BCUT2D eigenvalue weighted by atomic mass is 15.2. The molecule has 3 rings (SSSR count). The van der Waals surface area contributed by atoms with Crippen molar-refractivity contribution in [3.8, 4) is 0 Å². The van der Waals surface area contributed by atoms with Gasteiger partial charge in [0.2, 0.25) is 0 Å². The van der Waals surface area contributed by atoms with Crippen molar-refractivity contribution in [2.75, 3.05) is 31.1 Å². The second-order valence-electron chi connectivity index (χ2n) is 5.62. The molecule has 0 saturated carbocycles. The fourth-order valence-electron chi connectivity index (χ4n) is 3.35. The normalized spacial score (nSPS) is 22.5. The third-order valence-corrected chi connectivity index (χ3v) is 4.33. The number of rotatable bonds is 2. The van der Waals surface area contributed by atoms with Crippen molar-refractivity contribution in [2.45, 2.75) is 26.2 Å². The molecule has 1 N–H and O–H groups in total. The van der Waals surface area contributed by atoms with Crippen LogP contribution >= 0.6 is 0 Å². The number of hydrogen-bond acceptors (Lipinski definition) is 2. The maximum absolute atomic E-state index is 3.55. The summed E-state index contributed by atoms with van der Waals surface area (Å²) in [6.07, 6.45) is 3.89. The quantitative estimate of drug-likeness (QED) is 0.839. The first-order chi connectivity index (χ1) is 8.33. The lowest BCUT2D eigenvalue weighted by molar-refractivity contribution is 0.156. The lowest BCUT2D eigenvalue weighted by Gasteiger charge is -2.54. The third kappa shape index (κ3) is 1.95. The number of hydrogen-bond donors (Lipinski definition) is 1. The summed E-state index contributed by atoms with van der Waals surface area (Å²) >= 11 is 0. The van der Waals surface area contributed by atoms with E-state index in [0.717, 1.165) is 6.42 Å². The zero-order chi connectivity index (χ0) is 11.7. The molecule has 0 radical (unpaired) electrons. The summed E-state index contributed by atoms with van der Waals surface area (Å²) < 4.78 is 0. The molecule has 1 aromatic carbocycles. The van der Waals surface area contributed by atoms with E-state index < -0.39 is 0 Å². The lowest BCUT2D eigenvalue weighted by Crippen LogP contribution is -2.62. The standard InChI is InChI=1S/C15H22N2/c1-2-13-6-3-4-7-14(13)17-11-15(12-17)8-5-9-16-10-15/h3-4,6-7,16H,2,5,8-12H2,1H3. The summed E-state index contributed by atoms with van der Waals surface area (Å²) in [5.41, 5.74) is 3.54. The smallest absolute Gasteiger partial charge is 0.0399 e. The Morgan fingerprint density at radius 1 is 1.29 bits per heavy atom. The molecule has 0 bridgehead atoms. The molecular formula is C15H22N2. The zero-order valence-electron chi connectivity index (χ0n) is 10.7. The molecule has 2 aliphatic heterocycles. The van der Waals surface area contributed by atoms with Gasteiger partial charge in [-0.1, -0.05) is 25.1 Å². The lowest BCUT2D eigenvalue weighted by atomic mass is 9.73. The van der Waals surface area contributed by atoms with Crippen molar-refractivity contribution in [1.29, 1.82) is 0 Å². The summed E-state index contributed by atoms with van der Waals surface area (Å²) in [6, 6.07) is 8.86. The first kappa shape index (κ1) is 11.1. The number of piperidine rings is 1. The molecule has 2 heteroatoms. The van der Waals surface area contributed by atoms with Crippen LogP contribution in [0.3, 0.4) is 0 Å². The zero-order valence-corrected chi connectivity index (χ0v) is 10.7. The van der Waals surface area contributed by atoms with Gasteiger partial charge in [-0.05, 0) is 37.4 Å². The van der Waals surface area contributed by atoms with E-state index in [1.807, 2.05) is 0 Å². The monoisotopic (exact) mass is 230 g/mol. The highest BCUT2D eigenvalue weighted by Gasteiger charge is 2.43. The van der Waals surface area contributed by atoms with E-state index in [1.54, 1.807) is 0 Å². The summed E-state index contributed by atoms with van der Waals surface area (Å²) in [7, 11) is 0. The van der Waals surface area contributed by atoms with Crippen LogP contribution in [0, 0.1) is 5.41 Å². The number of para-hydroxylation sites is 1. The van der Waals surface area contributed by atoms with E-state index in [0.29, 0.717) is 5.41 Å². The molecule has 2 fully saturated rings. The second kappa shape index (κ2) is 4.34. The molecular weight excluding hydrogens is 208 g/mol. The van der Waals surface area contributed by atoms with E-state index in [4.69, 9.17) is 0 Å². The summed E-state index contributed by atoms with van der Waals surface area (Å²) in [4.78, 5) is 2.56. The van der Waals surface area contributed by atoms with Crippen molar-refractivity contribution < 1.29 is 0 Å². The van der Waals surface area contributed by atoms with Gasteiger partial charge in [-0.15, -0.1) is 0 Å². The van der Waals surface area contributed by atoms with Crippen LogP contribution in [0.2, 0.25) is 0 Å². The van der Waals surface area contributed by atoms with Crippen LogP contribution < -0.4 is 10.2 Å². The Labute approximate surface area is 104 Å². The predicted molar refractivity (Wildman–Crippen MR) is 72.6 cm³/mol. The Morgan fingerprint density at radius 3 is 2.82 bits per heavy atom. The number of nitrogens with zero attached hydrogens (tertiary/aromatic N) is 1. The molecule has 1 spiro atoms. The molecule has 2 saturated heterocycles. The van der Waals surface area contributed by atoms with E-state index in [-0.39, 0.29) is 0 Å². The highest BCUT2D eigenvalue weighted by molar-refractivity contribution is 5.56. The SMILES string of the molecule is CCc1ccccc1N1CC2(CCCNC2)C1. The van der Waals surface area contributed by atoms with Crippen LogP contribution in [-0.4, -0.2) is 26.2 Å². The van der Waals surface area contributed by atoms with Crippen LogP contribution in [0.5, 0.6) is 0 Å². The van der Waals surface area contributed by atoms with Crippen LogP contribution in [-0.2, 0) is 6.42 Å². The number of nitrogens with one attached hydrogen (secondary N) is 1. The Morgan fingerprint density at radius 2 is 2.12 bits per heavy atom. The highest BCUT2D eigenvalue weighted by Crippen LogP contribution is 2.40. The Balaban J connectivity index is 1.72. The van der Waals surface area contributed by atoms with Gasteiger partial charge in [0.1, 0.15) is 0 Å². The maximum Gasteiger partial charge on any atom is 0.0399 e. The molecule has 2 nitrogen and oxygen atoms in total. The van der Waals surface area contributed by atoms with E-state index in [9.17, 15) is 0 Å². The van der Waals surface area contributed by atoms with Crippen molar-refractivity contribution in [3.05, 3.63) is 29.8 Å². The fraction of sp³-hybridized carbons (Fsp3) is 0.600. The van der Waals surface area contributed by atoms with Gasteiger partial charge in [0, 0.05) is 30.7 Å². The van der Waals surface area contributed by atoms with Crippen molar-refractivity contribution in [2.24, 2.45) is 5.41 Å². The third-order valence-electron chi connectivity index (χ3n) is 4.33. The molecule has 0 aromatic heterocycles. The Kier molecular flexibility index (Phi) is 2.83. The summed E-state index contributed by atoms with van der Waals surface area (Å²) in [6.45, 7) is 7.18. The number of aryl methyl sites for hydroxylation is 1. The fourth-order valence-corrected chi connectivity index (χ4v) is 3.35. The molecule has 0 aliphatic carbocycles. The molecule has 0 unspecified atom stereocenters. The number of benzene rings is 1. The second-order valence-corrected chi connectivity index (χ2v) is 5.62. The van der Waals surface area contributed by atoms with E-state index in [2.05, 4.69) is 41.4 Å². The van der Waals surface area contributed by atoms with E-state index >= 15 is 0 Å². The Hall–Kier alpha value is -1.02. The molecule has 17 heavy (non-hydrogen) atoms. The van der Waals surface area contributed by atoms with Crippen LogP contribution in [0.15, 0.2) is 24.3 Å². The predicted octanol–water partition coefficient (Wildman–Crippen LogP) is 2.44. The number of anilines is 1. The van der Waals surface area contributed by atoms with Gasteiger partial charge in [0.05, 0.1) is 0 Å². The molecule has 92 valence electrons. The van der Waals surface area contributed by atoms with Gasteiger partial charge in [-0.25, -0.2) is 0 Å². The molecule has 2 aliphatic rings. The average Bonchev–Trinajstić information content (AvgIpc) is 2.37. The summed E-state index contributed by atoms with van der Waals surface area (Å²) in [5, 5.41) is 3.55. The largest absolute Gasteiger partial charge is 0.370 e. The van der Waals surface area contributed by atoms with Crippen molar-refractivity contribution in [1.82, 2.24) is 5.32 Å². The molecule has 0 atom stereocenters. The van der Waals surface area contributed by atoms with Gasteiger partial charge in [0.25, 0.3) is 0 Å².